The summed E-state index contributed by atoms with van der Waals surface area (Å²) < 4.78 is 69.2. The summed E-state index contributed by atoms with van der Waals surface area (Å²) >= 11 is 5.47. The van der Waals surface area contributed by atoms with Crippen LogP contribution in [0.1, 0.15) is 31.9 Å². The summed E-state index contributed by atoms with van der Waals surface area (Å²) in [4.78, 5) is 15.5. The molecule has 2 heterocycles. The molecule has 0 bridgehead atoms. The first kappa shape index (κ1) is 23.7. The number of fused-ring (bicyclic) bond motifs is 1. The number of alkyl halides is 3. The Hall–Kier alpha value is -3.50. The van der Waals surface area contributed by atoms with E-state index in [1.807, 2.05) is 0 Å². The minimum atomic E-state index is -4.82. The first-order valence-corrected chi connectivity index (χ1v) is 11.6. The number of carbonyl (C=O) groups is 1. The summed E-state index contributed by atoms with van der Waals surface area (Å²) in [5.41, 5.74) is -2.77. The van der Waals surface area contributed by atoms with Crippen molar-refractivity contribution >= 4 is 56.2 Å². The van der Waals surface area contributed by atoms with Crippen LogP contribution in [0.4, 0.5) is 30.2 Å². The number of amides is 1. The molecule has 0 radical (unpaired) electrons. The fraction of sp³-hybridized carbons (Fsp3) is 0.238. The van der Waals surface area contributed by atoms with Gasteiger partial charge in [0, 0.05) is 5.69 Å². The van der Waals surface area contributed by atoms with Gasteiger partial charge in [-0.15, -0.1) is 4.40 Å². The fourth-order valence-electron chi connectivity index (χ4n) is 3.87. The molecule has 8 nitrogen and oxygen atoms in total. The molecule has 0 aliphatic carbocycles. The summed E-state index contributed by atoms with van der Waals surface area (Å²) in [7, 11) is -4.01. The summed E-state index contributed by atoms with van der Waals surface area (Å²) in [6.45, 7) is 4.53. The van der Waals surface area contributed by atoms with Crippen LogP contribution in [0.25, 0.3) is 0 Å². The maximum Gasteiger partial charge on any atom is 0.417 e. The van der Waals surface area contributed by atoms with Crippen LogP contribution in [0, 0.1) is 11.3 Å². The highest BCUT2D eigenvalue weighted by molar-refractivity contribution is 7.90. The SMILES string of the molecule is CC1=NS(=O)(=O)c2cc(N3C(=S)N(c4ccc(C#N)c(C(F)(F)F)c4)C(=O)C3(C)C)ccc2N1. The summed E-state index contributed by atoms with van der Waals surface area (Å²) in [6.07, 6.45) is -4.82. The highest BCUT2D eigenvalue weighted by Gasteiger charge is 2.51. The number of sulfonamides is 1. The number of nitrogens with one attached hydrogen (secondary N) is 1. The Morgan fingerprint density at radius 3 is 2.41 bits per heavy atom. The minimum Gasteiger partial charge on any atom is -0.342 e. The lowest BCUT2D eigenvalue weighted by Crippen LogP contribution is -2.44. The van der Waals surface area contributed by atoms with Crippen molar-refractivity contribution < 1.29 is 26.4 Å². The number of rotatable bonds is 2. The van der Waals surface area contributed by atoms with Crippen LogP contribution in [0.3, 0.4) is 0 Å². The monoisotopic (exact) mass is 507 g/mol. The first-order valence-electron chi connectivity index (χ1n) is 9.71. The molecule has 1 saturated heterocycles. The van der Waals surface area contributed by atoms with E-state index in [0.29, 0.717) is 11.8 Å². The van der Waals surface area contributed by atoms with E-state index >= 15 is 0 Å². The van der Waals surface area contributed by atoms with Gasteiger partial charge in [-0.3, -0.25) is 9.69 Å². The van der Waals surface area contributed by atoms with Crippen molar-refractivity contribution in [3.63, 3.8) is 0 Å². The van der Waals surface area contributed by atoms with Gasteiger partial charge in [0.25, 0.3) is 15.9 Å². The van der Waals surface area contributed by atoms with Crippen molar-refractivity contribution in [2.24, 2.45) is 4.40 Å². The highest BCUT2D eigenvalue weighted by Crippen LogP contribution is 2.41. The largest absolute Gasteiger partial charge is 0.417 e. The number of halogens is 3. The molecule has 2 aromatic rings. The third kappa shape index (κ3) is 3.59. The number of nitrogens with zero attached hydrogens (tertiary/aromatic N) is 4. The zero-order chi connectivity index (χ0) is 25.2. The summed E-state index contributed by atoms with van der Waals surface area (Å²) in [5.74, 6) is -0.428. The lowest BCUT2D eigenvalue weighted by Gasteiger charge is -2.30. The molecule has 0 aromatic heterocycles. The Balaban J connectivity index is 1.82. The first-order chi connectivity index (χ1) is 15.7. The van der Waals surface area contributed by atoms with Gasteiger partial charge < -0.3 is 10.2 Å². The molecule has 176 valence electrons. The molecule has 2 aliphatic heterocycles. The predicted molar refractivity (Wildman–Crippen MR) is 123 cm³/mol. The van der Waals surface area contributed by atoms with Gasteiger partial charge in [-0.1, -0.05) is 0 Å². The highest BCUT2D eigenvalue weighted by atomic mass is 32.2. The van der Waals surface area contributed by atoms with Gasteiger partial charge in [0.15, 0.2) is 5.11 Å². The maximum absolute atomic E-state index is 13.5. The molecule has 4 rings (SSSR count). The number of carbonyl (C=O) groups excluding carboxylic acids is 1. The van der Waals surface area contributed by atoms with E-state index in [4.69, 9.17) is 17.5 Å². The summed E-state index contributed by atoms with van der Waals surface area (Å²) in [6, 6.07) is 8.71. The molecule has 0 saturated carbocycles. The molecule has 2 aliphatic rings. The van der Waals surface area contributed by atoms with Gasteiger partial charge in [0.1, 0.15) is 16.3 Å². The normalized spacial score (nSPS) is 18.8. The minimum absolute atomic E-state index is 0.127. The van der Waals surface area contributed by atoms with Crippen LogP contribution in [0.15, 0.2) is 45.7 Å². The van der Waals surface area contributed by atoms with Gasteiger partial charge in [-0.2, -0.15) is 26.9 Å². The van der Waals surface area contributed by atoms with E-state index in [1.165, 1.54) is 49.9 Å². The van der Waals surface area contributed by atoms with Crippen molar-refractivity contribution in [1.82, 2.24) is 0 Å². The van der Waals surface area contributed by atoms with E-state index < -0.39 is 38.8 Å². The second-order valence-corrected chi connectivity index (χ2v) is 10.1. The van der Waals surface area contributed by atoms with Crippen molar-refractivity contribution in [3.05, 3.63) is 47.5 Å². The third-order valence-electron chi connectivity index (χ3n) is 5.43. The zero-order valence-corrected chi connectivity index (χ0v) is 19.6. The second kappa shape index (κ2) is 7.51. The lowest BCUT2D eigenvalue weighted by molar-refractivity contribution is -0.137. The molecule has 0 unspecified atom stereocenters. The standard InChI is InChI=1S/C21H16F3N5O3S2/c1-11-26-16-7-6-14(9-17(16)34(31,32)27-11)29-19(33)28(18(30)20(29,2)3)13-5-4-12(10-25)15(8-13)21(22,23)24/h4-9H,1-3H3,(H,26,27). The fourth-order valence-corrected chi connectivity index (χ4v) is 5.57. The van der Waals surface area contributed by atoms with Crippen LogP contribution >= 0.6 is 12.2 Å². The van der Waals surface area contributed by atoms with Crippen molar-refractivity contribution in [2.75, 3.05) is 15.1 Å². The smallest absolute Gasteiger partial charge is 0.342 e. The van der Waals surface area contributed by atoms with E-state index in [1.54, 1.807) is 6.07 Å². The van der Waals surface area contributed by atoms with Crippen LogP contribution in [0.5, 0.6) is 0 Å². The molecule has 0 spiro atoms. The van der Waals surface area contributed by atoms with Crippen LogP contribution < -0.4 is 15.1 Å². The van der Waals surface area contributed by atoms with Crippen LogP contribution in [-0.4, -0.2) is 30.8 Å². The number of hydrogen-bond acceptors (Lipinski definition) is 6. The van der Waals surface area contributed by atoms with Crippen molar-refractivity contribution in [3.8, 4) is 6.07 Å². The number of hydrogen-bond donors (Lipinski definition) is 1. The van der Waals surface area contributed by atoms with Crippen LogP contribution in [-0.2, 0) is 21.0 Å². The maximum atomic E-state index is 13.5. The molecule has 1 N–H and O–H groups in total. The van der Waals surface area contributed by atoms with Crippen molar-refractivity contribution in [2.45, 2.75) is 37.4 Å². The Bertz CT molecular complexity index is 1440. The Morgan fingerprint density at radius 1 is 1.15 bits per heavy atom. The molecule has 1 fully saturated rings. The molecule has 0 atom stereocenters. The Kier molecular flexibility index (Phi) is 5.22. The van der Waals surface area contributed by atoms with Crippen molar-refractivity contribution in [1.29, 1.82) is 5.26 Å². The molecule has 34 heavy (non-hydrogen) atoms. The van der Waals surface area contributed by atoms with E-state index in [2.05, 4.69) is 9.71 Å². The quantitative estimate of drug-likeness (QED) is 0.612. The molecule has 13 heteroatoms. The number of amidine groups is 1. The third-order valence-corrected chi connectivity index (χ3v) is 7.20. The number of anilines is 3. The molecular weight excluding hydrogens is 491 g/mol. The predicted octanol–water partition coefficient (Wildman–Crippen LogP) is 4.03. The zero-order valence-electron chi connectivity index (χ0n) is 17.9. The van der Waals surface area contributed by atoms with Gasteiger partial charge in [0.2, 0.25) is 0 Å². The average Bonchev–Trinajstić information content (AvgIpc) is 2.90. The molecular formula is C21H16F3N5O3S2. The van der Waals surface area contributed by atoms with Gasteiger partial charge in [0.05, 0.1) is 28.6 Å². The van der Waals surface area contributed by atoms with E-state index in [-0.39, 0.29) is 27.2 Å². The second-order valence-electron chi connectivity index (χ2n) is 8.11. The number of benzene rings is 2. The van der Waals surface area contributed by atoms with Crippen LogP contribution in [0.2, 0.25) is 0 Å². The topological polar surface area (TPSA) is 106 Å². The van der Waals surface area contributed by atoms with Gasteiger partial charge >= 0.3 is 6.18 Å². The van der Waals surface area contributed by atoms with Gasteiger partial charge in [-0.25, -0.2) is 0 Å². The van der Waals surface area contributed by atoms with Gasteiger partial charge in [-0.05, 0) is 69.4 Å². The Labute approximate surface area is 198 Å². The number of thiocarbonyl (C=S) groups is 1. The van der Waals surface area contributed by atoms with E-state index in [9.17, 15) is 26.4 Å². The van der Waals surface area contributed by atoms with E-state index in [0.717, 1.165) is 11.0 Å². The average molecular weight is 508 g/mol. The Morgan fingerprint density at radius 2 is 1.79 bits per heavy atom. The lowest BCUT2D eigenvalue weighted by atomic mass is 10.0. The molecule has 2 aromatic carbocycles. The summed E-state index contributed by atoms with van der Waals surface area (Å²) in [5, 5.41) is 11.7. The number of nitriles is 1. The molecule has 1 amide bonds.